The van der Waals surface area contributed by atoms with Crippen LogP contribution in [0.4, 0.5) is 0 Å². The molecule has 1 aliphatic heterocycles. The van der Waals surface area contributed by atoms with E-state index in [0.717, 1.165) is 5.52 Å². The topological polar surface area (TPSA) is 45.2 Å². The number of aromatic nitrogens is 1. The third-order valence-electron chi connectivity index (χ3n) is 3.22. The van der Waals surface area contributed by atoms with E-state index in [1.807, 2.05) is 24.4 Å². The molecule has 3 heteroatoms. The Morgan fingerprint density at radius 2 is 2.13 bits per heavy atom. The number of rotatable bonds is 2. The average Bonchev–Trinajstić information content (AvgIpc) is 2.62. The van der Waals surface area contributed by atoms with Gasteiger partial charge in [-0.15, -0.1) is 0 Å². The van der Waals surface area contributed by atoms with Crippen molar-refractivity contribution in [3.63, 3.8) is 0 Å². The summed E-state index contributed by atoms with van der Waals surface area (Å²) in [5.41, 5.74) is 2.11. The normalized spacial score (nSPS) is 19.0. The van der Waals surface area contributed by atoms with Crippen LogP contribution >= 0.6 is 0 Å². The third kappa shape index (κ3) is 1.14. The molecule has 3 rings (SSSR count). The summed E-state index contributed by atoms with van der Waals surface area (Å²) in [5.74, 6) is 0. The van der Waals surface area contributed by atoms with Crippen molar-refractivity contribution >= 4 is 10.9 Å². The van der Waals surface area contributed by atoms with E-state index in [1.165, 1.54) is 10.9 Å². The minimum Gasteiger partial charge on any atom is -0.395 e. The smallest absolute Gasteiger partial charge is 0.0671 e. The fourth-order valence-corrected chi connectivity index (χ4v) is 2.19. The van der Waals surface area contributed by atoms with Crippen molar-refractivity contribution in [1.29, 1.82) is 0 Å². The molecule has 78 valence electrons. The minimum absolute atomic E-state index is 0.148. The van der Waals surface area contributed by atoms with Crippen LogP contribution in [0.15, 0.2) is 30.5 Å². The van der Waals surface area contributed by atoms with E-state index in [0.29, 0.717) is 13.2 Å². The second-order valence-electron chi connectivity index (χ2n) is 4.18. The van der Waals surface area contributed by atoms with Crippen LogP contribution in [-0.4, -0.2) is 29.9 Å². The number of hydrogen-bond acceptors (Lipinski definition) is 2. The molecule has 1 aromatic carbocycles. The zero-order valence-electron chi connectivity index (χ0n) is 8.36. The number of nitrogens with one attached hydrogen (secondary N) is 1. The summed E-state index contributed by atoms with van der Waals surface area (Å²) in [4.78, 5) is 3.23. The molecule has 1 aromatic heterocycles. The lowest BCUT2D eigenvalue weighted by Crippen LogP contribution is -2.49. The van der Waals surface area contributed by atoms with Crippen LogP contribution in [0.3, 0.4) is 0 Å². The number of H-pyrrole nitrogens is 1. The van der Waals surface area contributed by atoms with Gasteiger partial charge in [0.25, 0.3) is 0 Å². The van der Waals surface area contributed by atoms with E-state index in [1.54, 1.807) is 0 Å². The monoisotopic (exact) mass is 203 g/mol. The number of ether oxygens (including phenoxy) is 1. The Hall–Kier alpha value is -1.32. The standard InChI is InChI=1S/C12H13NO2/c14-6-12(7-15-8-12)10-5-13-11-4-2-1-3-9(10)11/h1-5,13-14H,6-8H2. The second-order valence-corrected chi connectivity index (χ2v) is 4.18. The van der Waals surface area contributed by atoms with Crippen molar-refractivity contribution in [3.05, 3.63) is 36.0 Å². The first-order chi connectivity index (χ1) is 7.36. The Morgan fingerprint density at radius 3 is 2.80 bits per heavy atom. The second kappa shape index (κ2) is 3.08. The summed E-state index contributed by atoms with van der Waals surface area (Å²) in [5, 5.41) is 10.7. The van der Waals surface area contributed by atoms with E-state index < -0.39 is 0 Å². The van der Waals surface area contributed by atoms with E-state index in [9.17, 15) is 5.11 Å². The van der Waals surface area contributed by atoms with E-state index >= 15 is 0 Å². The van der Waals surface area contributed by atoms with Gasteiger partial charge in [0, 0.05) is 17.1 Å². The summed E-state index contributed by atoms with van der Waals surface area (Å²) in [6, 6.07) is 8.15. The van der Waals surface area contributed by atoms with E-state index in [-0.39, 0.29) is 12.0 Å². The maximum Gasteiger partial charge on any atom is 0.0671 e. The fraction of sp³-hybridized carbons (Fsp3) is 0.333. The molecule has 1 saturated heterocycles. The molecular weight excluding hydrogens is 190 g/mol. The predicted octanol–water partition coefficient (Wildman–Crippen LogP) is 1.43. The summed E-state index contributed by atoms with van der Waals surface area (Å²) >= 11 is 0. The zero-order chi connectivity index (χ0) is 10.3. The summed E-state index contributed by atoms with van der Waals surface area (Å²) in [6.45, 7) is 1.38. The lowest BCUT2D eigenvalue weighted by Gasteiger charge is -2.39. The van der Waals surface area contributed by atoms with Gasteiger partial charge in [0.05, 0.1) is 25.2 Å². The molecular formula is C12H13NO2. The average molecular weight is 203 g/mol. The van der Waals surface area contributed by atoms with Gasteiger partial charge in [-0.05, 0) is 11.6 Å². The lowest BCUT2D eigenvalue weighted by molar-refractivity contribution is -0.0834. The predicted molar refractivity (Wildman–Crippen MR) is 57.9 cm³/mol. The number of fused-ring (bicyclic) bond motifs is 1. The van der Waals surface area contributed by atoms with Crippen LogP contribution in [0.2, 0.25) is 0 Å². The number of aliphatic hydroxyl groups excluding tert-OH is 1. The summed E-state index contributed by atoms with van der Waals surface area (Å²) < 4.78 is 5.23. The number of para-hydroxylation sites is 1. The van der Waals surface area contributed by atoms with Gasteiger partial charge in [-0.3, -0.25) is 0 Å². The van der Waals surface area contributed by atoms with Crippen LogP contribution < -0.4 is 0 Å². The first kappa shape index (κ1) is 8.95. The van der Waals surface area contributed by atoms with Gasteiger partial charge in [0.15, 0.2) is 0 Å². The van der Waals surface area contributed by atoms with Crippen LogP contribution in [0.1, 0.15) is 5.56 Å². The van der Waals surface area contributed by atoms with Gasteiger partial charge in [0.2, 0.25) is 0 Å². The van der Waals surface area contributed by atoms with Crippen molar-refractivity contribution < 1.29 is 9.84 Å². The van der Waals surface area contributed by atoms with Gasteiger partial charge in [-0.25, -0.2) is 0 Å². The van der Waals surface area contributed by atoms with Crippen LogP contribution in [-0.2, 0) is 10.2 Å². The third-order valence-corrected chi connectivity index (χ3v) is 3.22. The Bertz CT molecular complexity index is 480. The molecule has 1 aliphatic rings. The van der Waals surface area contributed by atoms with Crippen molar-refractivity contribution in [1.82, 2.24) is 4.98 Å². The highest BCUT2D eigenvalue weighted by Gasteiger charge is 2.41. The molecule has 0 atom stereocenters. The fourth-order valence-electron chi connectivity index (χ4n) is 2.19. The molecule has 0 amide bonds. The maximum atomic E-state index is 9.47. The molecule has 0 spiro atoms. The SMILES string of the molecule is OCC1(c2c[nH]c3ccccc23)COC1. The van der Waals surface area contributed by atoms with Crippen LogP contribution in [0.25, 0.3) is 10.9 Å². The molecule has 2 heterocycles. The largest absolute Gasteiger partial charge is 0.395 e. The lowest BCUT2D eigenvalue weighted by atomic mass is 9.79. The van der Waals surface area contributed by atoms with Gasteiger partial charge in [-0.2, -0.15) is 0 Å². The molecule has 0 aliphatic carbocycles. The molecule has 0 unspecified atom stereocenters. The molecule has 15 heavy (non-hydrogen) atoms. The Morgan fingerprint density at radius 1 is 1.33 bits per heavy atom. The number of aliphatic hydroxyl groups is 1. The molecule has 0 saturated carbocycles. The first-order valence-corrected chi connectivity index (χ1v) is 5.11. The van der Waals surface area contributed by atoms with Gasteiger partial charge >= 0.3 is 0 Å². The Kier molecular flexibility index (Phi) is 1.84. The van der Waals surface area contributed by atoms with Gasteiger partial charge in [-0.1, -0.05) is 18.2 Å². The van der Waals surface area contributed by atoms with Crippen molar-refractivity contribution in [2.45, 2.75) is 5.41 Å². The summed E-state index contributed by atoms with van der Waals surface area (Å²) in [6.07, 6.45) is 1.99. The quantitative estimate of drug-likeness (QED) is 0.775. The maximum absolute atomic E-state index is 9.47. The van der Waals surface area contributed by atoms with E-state index in [2.05, 4.69) is 11.1 Å². The van der Waals surface area contributed by atoms with Crippen molar-refractivity contribution in [2.75, 3.05) is 19.8 Å². The highest BCUT2D eigenvalue weighted by atomic mass is 16.5. The number of hydrogen-bond donors (Lipinski definition) is 2. The first-order valence-electron chi connectivity index (χ1n) is 5.11. The zero-order valence-corrected chi connectivity index (χ0v) is 8.36. The summed E-state index contributed by atoms with van der Waals surface area (Å²) in [7, 11) is 0. The molecule has 1 fully saturated rings. The van der Waals surface area contributed by atoms with Gasteiger partial charge < -0.3 is 14.8 Å². The van der Waals surface area contributed by atoms with Crippen LogP contribution in [0.5, 0.6) is 0 Å². The Labute approximate surface area is 87.7 Å². The van der Waals surface area contributed by atoms with Crippen LogP contribution in [0, 0.1) is 0 Å². The van der Waals surface area contributed by atoms with Crippen molar-refractivity contribution in [2.24, 2.45) is 0 Å². The molecule has 0 radical (unpaired) electrons. The minimum atomic E-state index is -0.181. The number of aromatic amines is 1. The molecule has 2 aromatic rings. The molecule has 3 nitrogen and oxygen atoms in total. The number of benzene rings is 1. The highest BCUT2D eigenvalue weighted by molar-refractivity contribution is 5.84. The van der Waals surface area contributed by atoms with E-state index in [4.69, 9.17) is 4.74 Å². The van der Waals surface area contributed by atoms with Crippen molar-refractivity contribution in [3.8, 4) is 0 Å². The molecule has 0 bridgehead atoms. The Balaban J connectivity index is 2.18. The highest BCUT2D eigenvalue weighted by Crippen LogP contribution is 2.36. The van der Waals surface area contributed by atoms with Gasteiger partial charge in [0.1, 0.15) is 0 Å². The molecule has 2 N–H and O–H groups in total.